The van der Waals surface area contributed by atoms with Crippen LogP contribution < -0.4 is 10.6 Å². The zero-order valence-corrected chi connectivity index (χ0v) is 13.1. The normalized spacial score (nSPS) is 17.8. The number of hydrogen-bond acceptors (Lipinski definition) is 8. The highest BCUT2D eigenvalue weighted by atomic mass is 32.2. The highest BCUT2D eigenvalue weighted by Gasteiger charge is 2.28. The number of ether oxygens (including phenoxy) is 1. The molecule has 0 saturated carbocycles. The molecule has 0 amide bonds. The van der Waals surface area contributed by atoms with E-state index in [-0.39, 0.29) is 34.2 Å². The van der Waals surface area contributed by atoms with Crippen LogP contribution >= 0.6 is 11.3 Å². The molecule has 0 spiro atoms. The monoisotopic (exact) mass is 329 g/mol. The quantitative estimate of drug-likeness (QED) is 0.791. The third-order valence-corrected chi connectivity index (χ3v) is 6.15. The lowest BCUT2D eigenvalue weighted by Gasteiger charge is -2.21. The van der Waals surface area contributed by atoms with Crippen LogP contribution in [-0.4, -0.2) is 46.1 Å². The van der Waals surface area contributed by atoms with Crippen molar-refractivity contribution >= 4 is 37.8 Å². The summed E-state index contributed by atoms with van der Waals surface area (Å²) in [5, 5.41) is 9.57. The summed E-state index contributed by atoms with van der Waals surface area (Å²) < 4.78 is 28.0. The summed E-state index contributed by atoms with van der Waals surface area (Å²) in [5.74, 6) is -0.469. The summed E-state index contributed by atoms with van der Waals surface area (Å²) in [6.07, 6.45) is 0.475. The molecule has 1 fully saturated rings. The molecule has 1 aromatic rings. The van der Waals surface area contributed by atoms with E-state index in [4.69, 9.17) is 15.7 Å². The van der Waals surface area contributed by atoms with Crippen molar-refractivity contribution in [1.82, 2.24) is 0 Å². The molecule has 2 heterocycles. The minimum Gasteiger partial charge on any atom is -0.465 e. The number of anilines is 2. The maximum absolute atomic E-state index is 11.9. The number of nitrogen functional groups attached to an aromatic ring is 1. The molecule has 0 unspecified atom stereocenters. The van der Waals surface area contributed by atoms with Gasteiger partial charge in [-0.1, -0.05) is 0 Å². The molecule has 0 aromatic carbocycles. The van der Waals surface area contributed by atoms with Crippen molar-refractivity contribution in [3.8, 4) is 6.07 Å². The van der Waals surface area contributed by atoms with E-state index in [1.807, 2.05) is 6.07 Å². The van der Waals surface area contributed by atoms with E-state index in [1.54, 1.807) is 4.90 Å². The first-order chi connectivity index (χ1) is 9.89. The summed E-state index contributed by atoms with van der Waals surface area (Å²) in [6, 6.07) is 1.95. The van der Waals surface area contributed by atoms with E-state index >= 15 is 0 Å². The van der Waals surface area contributed by atoms with Crippen molar-refractivity contribution in [2.24, 2.45) is 0 Å². The van der Waals surface area contributed by atoms with Crippen LogP contribution in [0.1, 0.15) is 21.7 Å². The van der Waals surface area contributed by atoms with Crippen LogP contribution in [0.4, 0.5) is 10.7 Å². The number of rotatable bonds is 2. The van der Waals surface area contributed by atoms with Crippen molar-refractivity contribution in [2.45, 2.75) is 6.42 Å². The second-order valence-corrected chi connectivity index (χ2v) is 7.92. The minimum atomic E-state index is -3.06. The van der Waals surface area contributed by atoms with E-state index < -0.39 is 15.8 Å². The Hall–Kier alpha value is -1.79. The van der Waals surface area contributed by atoms with Gasteiger partial charge < -0.3 is 15.4 Å². The van der Waals surface area contributed by atoms with Gasteiger partial charge in [0.15, 0.2) is 9.84 Å². The second-order valence-electron chi connectivity index (χ2n) is 4.62. The van der Waals surface area contributed by atoms with Gasteiger partial charge in [-0.25, -0.2) is 13.2 Å². The standard InChI is InChI=1S/C12H15N3O4S2/c1-19-12(16)9-10(14)8(7-13)20-11(9)15-3-2-5-21(17,18)6-4-15/h2-6,14H2,1H3. The molecule has 0 aliphatic carbocycles. The smallest absolute Gasteiger partial charge is 0.343 e. The first kappa shape index (κ1) is 15.6. The number of carbonyl (C=O) groups is 1. The Morgan fingerprint density at radius 2 is 2.14 bits per heavy atom. The molecular formula is C12H15N3O4S2. The van der Waals surface area contributed by atoms with E-state index in [9.17, 15) is 13.2 Å². The van der Waals surface area contributed by atoms with Gasteiger partial charge in [0.1, 0.15) is 21.5 Å². The fraction of sp³-hybridized carbons (Fsp3) is 0.500. The van der Waals surface area contributed by atoms with Crippen molar-refractivity contribution in [3.63, 3.8) is 0 Å². The fourth-order valence-electron chi connectivity index (χ4n) is 2.18. The van der Waals surface area contributed by atoms with Gasteiger partial charge in [-0.15, -0.1) is 11.3 Å². The fourth-order valence-corrected chi connectivity index (χ4v) is 4.51. The van der Waals surface area contributed by atoms with Gasteiger partial charge in [-0.05, 0) is 6.42 Å². The number of sulfone groups is 1. The van der Waals surface area contributed by atoms with Gasteiger partial charge >= 0.3 is 5.97 Å². The molecule has 2 rings (SSSR count). The molecule has 1 saturated heterocycles. The average molecular weight is 329 g/mol. The molecule has 1 aromatic heterocycles. The van der Waals surface area contributed by atoms with E-state index in [0.717, 1.165) is 11.3 Å². The summed E-state index contributed by atoms with van der Waals surface area (Å²) in [5.41, 5.74) is 6.08. The first-order valence-corrected chi connectivity index (χ1v) is 8.89. The Labute approximate surface area is 126 Å². The van der Waals surface area contributed by atoms with Crippen molar-refractivity contribution < 1.29 is 17.9 Å². The zero-order valence-electron chi connectivity index (χ0n) is 11.5. The Morgan fingerprint density at radius 1 is 1.43 bits per heavy atom. The molecule has 21 heavy (non-hydrogen) atoms. The molecule has 2 N–H and O–H groups in total. The van der Waals surface area contributed by atoms with Crippen LogP contribution in [0.2, 0.25) is 0 Å². The van der Waals surface area contributed by atoms with Gasteiger partial charge in [0, 0.05) is 13.1 Å². The topological polar surface area (TPSA) is 113 Å². The first-order valence-electron chi connectivity index (χ1n) is 6.25. The molecule has 0 atom stereocenters. The molecule has 7 nitrogen and oxygen atoms in total. The number of thiophene rings is 1. The van der Waals surface area contributed by atoms with Gasteiger partial charge in [-0.2, -0.15) is 5.26 Å². The van der Waals surface area contributed by atoms with Gasteiger partial charge in [0.2, 0.25) is 0 Å². The maximum atomic E-state index is 11.9. The maximum Gasteiger partial charge on any atom is 0.343 e. The highest BCUT2D eigenvalue weighted by Crippen LogP contribution is 2.38. The number of nitrogens with two attached hydrogens (primary N) is 1. The number of nitrogens with zero attached hydrogens (tertiary/aromatic N) is 2. The largest absolute Gasteiger partial charge is 0.465 e. The molecule has 9 heteroatoms. The van der Waals surface area contributed by atoms with Crippen LogP contribution in [0, 0.1) is 11.3 Å². The Balaban J connectivity index is 2.44. The lowest BCUT2D eigenvalue weighted by atomic mass is 10.2. The van der Waals surface area contributed by atoms with E-state index in [2.05, 4.69) is 0 Å². The van der Waals surface area contributed by atoms with Gasteiger partial charge in [0.05, 0.1) is 24.3 Å². The number of methoxy groups -OCH3 is 1. The molecule has 114 valence electrons. The Bertz CT molecular complexity index is 703. The van der Waals surface area contributed by atoms with Crippen LogP contribution in [0.25, 0.3) is 0 Å². The van der Waals surface area contributed by atoms with Gasteiger partial charge in [0.25, 0.3) is 0 Å². The van der Waals surface area contributed by atoms with Crippen molar-refractivity contribution in [2.75, 3.05) is 42.3 Å². The number of carbonyl (C=O) groups excluding carboxylic acids is 1. The number of nitriles is 1. The van der Waals surface area contributed by atoms with Crippen molar-refractivity contribution in [3.05, 3.63) is 10.4 Å². The van der Waals surface area contributed by atoms with Crippen LogP contribution in [0.15, 0.2) is 0 Å². The summed E-state index contributed by atoms with van der Waals surface area (Å²) in [4.78, 5) is 13.9. The summed E-state index contributed by atoms with van der Waals surface area (Å²) >= 11 is 1.09. The average Bonchev–Trinajstić information content (AvgIpc) is 2.66. The summed E-state index contributed by atoms with van der Waals surface area (Å²) in [6.45, 7) is 0.769. The molecule has 1 aliphatic rings. The SMILES string of the molecule is COC(=O)c1c(N2CCCS(=O)(=O)CC2)sc(C#N)c1N. The predicted molar refractivity (Wildman–Crippen MR) is 80.3 cm³/mol. The minimum absolute atomic E-state index is 0.0211. The zero-order chi connectivity index (χ0) is 15.6. The number of hydrogen-bond donors (Lipinski definition) is 1. The van der Waals surface area contributed by atoms with E-state index in [0.29, 0.717) is 18.0 Å². The highest BCUT2D eigenvalue weighted by molar-refractivity contribution is 7.91. The van der Waals surface area contributed by atoms with Gasteiger partial charge in [-0.3, -0.25) is 0 Å². The van der Waals surface area contributed by atoms with Crippen LogP contribution in [0.5, 0.6) is 0 Å². The third kappa shape index (κ3) is 3.11. The molecule has 1 aliphatic heterocycles. The second kappa shape index (κ2) is 5.91. The molecule has 0 radical (unpaired) electrons. The number of esters is 1. The van der Waals surface area contributed by atoms with Crippen LogP contribution in [-0.2, 0) is 14.6 Å². The predicted octanol–water partition coefficient (Wildman–Crippen LogP) is 0.613. The molecular weight excluding hydrogens is 314 g/mol. The third-order valence-electron chi connectivity index (χ3n) is 3.26. The van der Waals surface area contributed by atoms with E-state index in [1.165, 1.54) is 7.11 Å². The molecule has 0 bridgehead atoms. The van der Waals surface area contributed by atoms with Crippen LogP contribution in [0.3, 0.4) is 0 Å². The Kier molecular flexibility index (Phi) is 4.39. The van der Waals surface area contributed by atoms with Crippen molar-refractivity contribution in [1.29, 1.82) is 5.26 Å². The summed E-state index contributed by atoms with van der Waals surface area (Å²) in [7, 11) is -1.82. The lowest BCUT2D eigenvalue weighted by Crippen LogP contribution is -2.27. The lowest BCUT2D eigenvalue weighted by molar-refractivity contribution is 0.0603. The Morgan fingerprint density at radius 3 is 2.76 bits per heavy atom.